The van der Waals surface area contributed by atoms with Crippen LogP contribution in [-0.4, -0.2) is 16.3 Å². The predicted octanol–water partition coefficient (Wildman–Crippen LogP) is 0.694. The van der Waals surface area contributed by atoms with Crippen LogP contribution in [0.25, 0.3) is 0 Å². The summed E-state index contributed by atoms with van der Waals surface area (Å²) in [5.41, 5.74) is 0. The van der Waals surface area contributed by atoms with Crippen molar-refractivity contribution < 1.29 is 9.63 Å². The molecule has 2 aliphatic rings. The normalized spacial score (nSPS) is 30.9. The summed E-state index contributed by atoms with van der Waals surface area (Å²) < 4.78 is 0. The maximum atomic E-state index is 10.6. The summed E-state index contributed by atoms with van der Waals surface area (Å²) in [6.07, 6.45) is 2.15. The van der Waals surface area contributed by atoms with Gasteiger partial charge in [0.25, 0.3) is 5.91 Å². The Morgan fingerprint density at radius 2 is 2.78 bits per heavy atom. The zero-order chi connectivity index (χ0) is 6.27. The first kappa shape index (κ1) is 5.17. The molecule has 0 N–H and O–H groups in total. The summed E-state index contributed by atoms with van der Waals surface area (Å²) in [6.45, 7) is 0. The van der Waals surface area contributed by atoms with Gasteiger partial charge in [-0.1, -0.05) is 0 Å². The minimum atomic E-state index is 0.0804. The van der Waals surface area contributed by atoms with Gasteiger partial charge in [-0.25, -0.2) is 0 Å². The molecule has 9 heavy (non-hydrogen) atoms. The molecule has 3 nitrogen and oxygen atoms in total. The Kier molecular flexibility index (Phi) is 0.958. The first-order chi connectivity index (χ1) is 4.38. The Labute approximate surface area is 56.6 Å². The monoisotopic (exact) mass is 143 g/mol. The summed E-state index contributed by atoms with van der Waals surface area (Å²) in [5, 5.41) is 3.50. The second-order valence-corrected chi connectivity index (χ2v) is 2.98. The number of β-lactam (4-membered cyclic amide) rings is 1. The van der Waals surface area contributed by atoms with E-state index in [0.717, 1.165) is 0 Å². The van der Waals surface area contributed by atoms with E-state index in [1.165, 1.54) is 11.3 Å². The van der Waals surface area contributed by atoms with Crippen LogP contribution in [0.3, 0.4) is 0 Å². The number of thioether (sulfide) groups is 1. The third-order valence-electron chi connectivity index (χ3n) is 1.32. The van der Waals surface area contributed by atoms with Gasteiger partial charge in [-0.3, -0.25) is 4.79 Å². The number of hydrogen-bond acceptors (Lipinski definition) is 3. The summed E-state index contributed by atoms with van der Waals surface area (Å²) >= 11 is 1.62. The molecule has 1 fully saturated rings. The highest BCUT2D eigenvalue weighted by molar-refractivity contribution is 8.02. The third-order valence-corrected chi connectivity index (χ3v) is 2.26. The Balaban J connectivity index is 2.12. The van der Waals surface area contributed by atoms with Crippen LogP contribution in [0.2, 0.25) is 0 Å². The van der Waals surface area contributed by atoms with E-state index in [0.29, 0.717) is 6.42 Å². The van der Waals surface area contributed by atoms with E-state index >= 15 is 0 Å². The van der Waals surface area contributed by atoms with Crippen molar-refractivity contribution in [3.63, 3.8) is 0 Å². The molecule has 0 aromatic carbocycles. The summed E-state index contributed by atoms with van der Waals surface area (Å²) in [4.78, 5) is 15.5. The molecular weight excluding hydrogens is 138 g/mol. The Morgan fingerprint density at radius 1 is 1.89 bits per heavy atom. The second kappa shape index (κ2) is 1.67. The highest BCUT2D eigenvalue weighted by atomic mass is 32.2. The summed E-state index contributed by atoms with van der Waals surface area (Å²) in [5.74, 6) is 0.0804. The van der Waals surface area contributed by atoms with Gasteiger partial charge in [0.2, 0.25) is 0 Å². The van der Waals surface area contributed by atoms with E-state index < -0.39 is 0 Å². The summed E-state index contributed by atoms with van der Waals surface area (Å²) in [7, 11) is 0. The standard InChI is InChI=1S/C5H5NO2S/c7-4-3-5-6(4)8-1-2-9-5/h1-2,5H,3H2/t5-/m1/s1. The Morgan fingerprint density at radius 3 is 3.33 bits per heavy atom. The van der Waals surface area contributed by atoms with Crippen molar-refractivity contribution >= 4 is 17.7 Å². The lowest BCUT2D eigenvalue weighted by Gasteiger charge is -2.38. The average molecular weight is 143 g/mol. The van der Waals surface area contributed by atoms with Crippen LogP contribution in [0, 0.1) is 0 Å². The number of carbonyl (C=O) groups is 1. The van der Waals surface area contributed by atoms with Crippen LogP contribution in [0.5, 0.6) is 0 Å². The number of rotatable bonds is 0. The molecule has 0 aliphatic carbocycles. The number of nitrogens with zero attached hydrogens (tertiary/aromatic N) is 1. The first-order valence-corrected chi connectivity index (χ1v) is 3.61. The van der Waals surface area contributed by atoms with Gasteiger partial charge in [0.1, 0.15) is 11.6 Å². The average Bonchev–Trinajstić information content (AvgIpc) is 1.86. The van der Waals surface area contributed by atoms with Crippen LogP contribution >= 0.6 is 11.8 Å². The molecule has 0 aromatic heterocycles. The minimum absolute atomic E-state index is 0.0804. The highest BCUT2D eigenvalue weighted by Gasteiger charge is 2.39. The van der Waals surface area contributed by atoms with Gasteiger partial charge in [0, 0.05) is 5.41 Å². The molecule has 2 aliphatic heterocycles. The van der Waals surface area contributed by atoms with Crippen molar-refractivity contribution in [2.45, 2.75) is 11.8 Å². The van der Waals surface area contributed by atoms with Crippen molar-refractivity contribution in [1.82, 2.24) is 5.06 Å². The molecule has 48 valence electrons. The number of fused-ring (bicyclic) bond motifs is 1. The molecule has 1 amide bonds. The van der Waals surface area contributed by atoms with Crippen molar-refractivity contribution in [3.05, 3.63) is 11.7 Å². The molecule has 0 unspecified atom stereocenters. The highest BCUT2D eigenvalue weighted by Crippen LogP contribution is 2.33. The van der Waals surface area contributed by atoms with Crippen LogP contribution < -0.4 is 0 Å². The Hall–Kier alpha value is -0.640. The fourth-order valence-corrected chi connectivity index (χ4v) is 1.63. The van der Waals surface area contributed by atoms with Crippen molar-refractivity contribution in [2.75, 3.05) is 0 Å². The molecular formula is C5H5NO2S. The quantitative estimate of drug-likeness (QED) is 0.467. The molecule has 1 saturated heterocycles. The van der Waals surface area contributed by atoms with Gasteiger partial charge in [-0.05, 0) is 0 Å². The van der Waals surface area contributed by atoms with Crippen molar-refractivity contribution in [1.29, 1.82) is 0 Å². The van der Waals surface area contributed by atoms with Crippen molar-refractivity contribution in [2.24, 2.45) is 0 Å². The van der Waals surface area contributed by atoms with Gasteiger partial charge in [-0.15, -0.1) is 11.8 Å². The van der Waals surface area contributed by atoms with E-state index in [4.69, 9.17) is 4.84 Å². The smallest absolute Gasteiger partial charge is 0.259 e. The number of hydroxylamine groups is 2. The first-order valence-electron chi connectivity index (χ1n) is 2.67. The zero-order valence-corrected chi connectivity index (χ0v) is 5.43. The third kappa shape index (κ3) is 0.627. The van der Waals surface area contributed by atoms with E-state index in [1.54, 1.807) is 11.8 Å². The van der Waals surface area contributed by atoms with Gasteiger partial charge in [0.15, 0.2) is 0 Å². The van der Waals surface area contributed by atoms with E-state index in [1.807, 2.05) is 5.41 Å². The molecule has 2 rings (SSSR count). The fourth-order valence-electron chi connectivity index (χ4n) is 0.814. The maximum Gasteiger partial charge on any atom is 0.259 e. The van der Waals surface area contributed by atoms with Crippen LogP contribution in [0.4, 0.5) is 0 Å². The van der Waals surface area contributed by atoms with E-state index in [-0.39, 0.29) is 11.3 Å². The van der Waals surface area contributed by atoms with Gasteiger partial charge in [-0.2, -0.15) is 5.06 Å². The molecule has 0 saturated carbocycles. The largest absolute Gasteiger partial charge is 0.383 e. The van der Waals surface area contributed by atoms with Gasteiger partial charge < -0.3 is 4.84 Å². The number of amides is 1. The lowest BCUT2D eigenvalue weighted by Crippen LogP contribution is -2.50. The molecule has 0 bridgehead atoms. The van der Waals surface area contributed by atoms with Crippen LogP contribution in [0.1, 0.15) is 6.42 Å². The molecule has 1 atom stereocenters. The molecule has 0 radical (unpaired) electrons. The number of carbonyl (C=O) groups excluding carboxylic acids is 1. The lowest BCUT2D eigenvalue weighted by molar-refractivity contribution is -0.193. The molecule has 4 heteroatoms. The van der Waals surface area contributed by atoms with Crippen LogP contribution in [-0.2, 0) is 9.63 Å². The van der Waals surface area contributed by atoms with Gasteiger partial charge >= 0.3 is 0 Å². The SMILES string of the molecule is O=C1C[C@H]2SC=CON12. The maximum absolute atomic E-state index is 10.6. The minimum Gasteiger partial charge on any atom is -0.383 e. The van der Waals surface area contributed by atoms with E-state index in [2.05, 4.69) is 0 Å². The zero-order valence-electron chi connectivity index (χ0n) is 4.61. The fraction of sp³-hybridized carbons (Fsp3) is 0.400. The topological polar surface area (TPSA) is 29.5 Å². The number of hydrogen-bond donors (Lipinski definition) is 0. The summed E-state index contributed by atoms with van der Waals surface area (Å²) in [6, 6.07) is 0. The second-order valence-electron chi connectivity index (χ2n) is 1.89. The van der Waals surface area contributed by atoms with Crippen LogP contribution in [0.15, 0.2) is 11.7 Å². The lowest BCUT2D eigenvalue weighted by atomic mass is 10.2. The van der Waals surface area contributed by atoms with E-state index in [9.17, 15) is 4.79 Å². The van der Waals surface area contributed by atoms with Crippen molar-refractivity contribution in [3.8, 4) is 0 Å². The molecule has 0 aromatic rings. The Bertz CT molecular complexity index is 180. The van der Waals surface area contributed by atoms with Gasteiger partial charge in [0.05, 0.1) is 6.42 Å². The predicted molar refractivity (Wildman–Crippen MR) is 33.1 cm³/mol. The molecule has 2 heterocycles. The molecule has 0 spiro atoms.